The van der Waals surface area contributed by atoms with E-state index in [1.54, 1.807) is 6.21 Å². The van der Waals surface area contributed by atoms with Gasteiger partial charge in [-0.25, -0.2) is 10.2 Å². The van der Waals surface area contributed by atoms with Gasteiger partial charge in [0.1, 0.15) is 0 Å². The van der Waals surface area contributed by atoms with Gasteiger partial charge in [-0.15, -0.1) is 5.10 Å². The van der Waals surface area contributed by atoms with Crippen molar-refractivity contribution in [3.8, 4) is 11.5 Å². The van der Waals surface area contributed by atoms with E-state index in [1.807, 2.05) is 44.2 Å². The van der Waals surface area contributed by atoms with Crippen molar-refractivity contribution in [3.63, 3.8) is 0 Å². The van der Waals surface area contributed by atoms with Gasteiger partial charge in [0.05, 0.1) is 0 Å². The molecule has 1 aromatic heterocycles. The number of nitrogens with one attached hydrogen (secondary N) is 2. The number of hydrogen-bond acceptors (Lipinski definition) is 5. The standard InChI is InChI=1S/C20H25N5O2/c1-14(2)6-5-7-15(3)12-13-21-24-19(26)22-20-25-23-18(27-20)17-10-8-16(4)9-11-17/h6,8-13H,5,7H2,1-4H3,(H2,22,24,25,26)/b15-12-,21-13-. The van der Waals surface area contributed by atoms with E-state index in [0.717, 1.165) is 24.0 Å². The first kappa shape index (κ1) is 20.1. The van der Waals surface area contributed by atoms with Gasteiger partial charge in [0.15, 0.2) is 0 Å². The molecule has 0 radical (unpaired) electrons. The minimum absolute atomic E-state index is 0.00622. The number of carbonyl (C=O) groups excluding carboxylic acids is 1. The Morgan fingerprint density at radius 2 is 1.93 bits per heavy atom. The van der Waals surface area contributed by atoms with Gasteiger partial charge in [-0.1, -0.05) is 40.0 Å². The summed E-state index contributed by atoms with van der Waals surface area (Å²) in [5.74, 6) is 0.337. The Morgan fingerprint density at radius 3 is 2.63 bits per heavy atom. The van der Waals surface area contributed by atoms with E-state index in [1.165, 1.54) is 11.1 Å². The quantitative estimate of drug-likeness (QED) is 0.416. The van der Waals surface area contributed by atoms with Gasteiger partial charge >= 0.3 is 12.0 Å². The van der Waals surface area contributed by atoms with E-state index in [0.29, 0.717) is 5.89 Å². The summed E-state index contributed by atoms with van der Waals surface area (Å²) >= 11 is 0. The number of nitrogens with zero attached hydrogens (tertiary/aromatic N) is 3. The van der Waals surface area contributed by atoms with Crippen LogP contribution >= 0.6 is 0 Å². The number of urea groups is 1. The summed E-state index contributed by atoms with van der Waals surface area (Å²) < 4.78 is 5.42. The fourth-order valence-corrected chi connectivity index (χ4v) is 2.14. The lowest BCUT2D eigenvalue weighted by molar-refractivity contribution is 0.252. The third kappa shape index (κ3) is 7.27. The Morgan fingerprint density at radius 1 is 1.19 bits per heavy atom. The Hall–Kier alpha value is -3.22. The normalized spacial score (nSPS) is 11.5. The molecule has 0 atom stereocenters. The highest BCUT2D eigenvalue weighted by Gasteiger charge is 2.10. The average molecular weight is 367 g/mol. The highest BCUT2D eigenvalue weighted by atomic mass is 16.4. The number of rotatable bonds is 7. The van der Waals surface area contributed by atoms with Crippen LogP contribution in [0.4, 0.5) is 10.8 Å². The van der Waals surface area contributed by atoms with Crippen molar-refractivity contribution in [1.29, 1.82) is 0 Å². The molecule has 0 fully saturated rings. The van der Waals surface area contributed by atoms with E-state index in [9.17, 15) is 4.79 Å². The highest BCUT2D eigenvalue weighted by Crippen LogP contribution is 2.19. The largest absolute Gasteiger partial charge is 0.403 e. The molecule has 2 aromatic rings. The molecule has 0 saturated carbocycles. The number of aromatic nitrogens is 2. The van der Waals surface area contributed by atoms with Gasteiger partial charge in [0.2, 0.25) is 5.89 Å². The van der Waals surface area contributed by atoms with Crippen molar-refractivity contribution in [2.24, 2.45) is 5.10 Å². The van der Waals surface area contributed by atoms with E-state index in [4.69, 9.17) is 4.42 Å². The van der Waals surface area contributed by atoms with E-state index >= 15 is 0 Å². The van der Waals surface area contributed by atoms with E-state index < -0.39 is 6.03 Å². The molecule has 0 spiro atoms. The summed E-state index contributed by atoms with van der Waals surface area (Å²) in [5, 5.41) is 14.0. The number of amides is 2. The number of aryl methyl sites for hydroxylation is 1. The van der Waals surface area contributed by atoms with Gasteiger partial charge in [-0.2, -0.15) is 5.10 Å². The first-order valence-electron chi connectivity index (χ1n) is 8.74. The number of anilines is 1. The van der Waals surface area contributed by atoms with E-state index in [2.05, 4.69) is 46.0 Å². The first-order valence-corrected chi connectivity index (χ1v) is 8.74. The molecule has 0 bridgehead atoms. The van der Waals surface area contributed by atoms with Crippen molar-refractivity contribution in [3.05, 3.63) is 53.1 Å². The van der Waals surface area contributed by atoms with E-state index in [-0.39, 0.29) is 6.01 Å². The number of hydrazone groups is 1. The summed E-state index contributed by atoms with van der Waals surface area (Å²) in [7, 11) is 0. The molecule has 0 unspecified atom stereocenters. The van der Waals surface area contributed by atoms with Crippen LogP contribution in [-0.4, -0.2) is 22.4 Å². The lowest BCUT2D eigenvalue weighted by Gasteiger charge is -1.99. The fourth-order valence-electron chi connectivity index (χ4n) is 2.14. The van der Waals surface area contributed by atoms with Crippen LogP contribution in [0, 0.1) is 6.92 Å². The Kier molecular flexibility index (Phi) is 7.49. The molecule has 0 aliphatic carbocycles. The Labute approximate surface area is 159 Å². The molecule has 2 rings (SSSR count). The van der Waals surface area contributed by atoms with Crippen LogP contribution in [0.3, 0.4) is 0 Å². The van der Waals surface area contributed by atoms with Crippen molar-refractivity contribution in [2.75, 3.05) is 5.32 Å². The molecule has 1 heterocycles. The lowest BCUT2D eigenvalue weighted by atomic mass is 10.1. The van der Waals surface area contributed by atoms with Gasteiger partial charge in [0, 0.05) is 11.8 Å². The molecule has 0 aliphatic heterocycles. The van der Waals surface area contributed by atoms with Crippen molar-refractivity contribution in [2.45, 2.75) is 40.5 Å². The lowest BCUT2D eigenvalue weighted by Crippen LogP contribution is -2.24. The van der Waals surface area contributed by atoms with Crippen LogP contribution in [-0.2, 0) is 0 Å². The molecule has 7 nitrogen and oxygen atoms in total. The zero-order valence-electron chi connectivity index (χ0n) is 16.1. The van der Waals surface area contributed by atoms with Crippen LogP contribution in [0.5, 0.6) is 0 Å². The molecular weight excluding hydrogens is 342 g/mol. The Balaban J connectivity index is 1.80. The monoisotopic (exact) mass is 367 g/mol. The zero-order chi connectivity index (χ0) is 19.6. The summed E-state index contributed by atoms with van der Waals surface area (Å²) in [4.78, 5) is 11.8. The number of benzene rings is 1. The first-order chi connectivity index (χ1) is 12.9. The molecule has 1 aromatic carbocycles. The van der Waals surface area contributed by atoms with Gasteiger partial charge in [-0.3, -0.25) is 5.32 Å². The number of allylic oxidation sites excluding steroid dienone is 4. The average Bonchev–Trinajstić information content (AvgIpc) is 3.07. The maximum absolute atomic E-state index is 11.8. The van der Waals surface area contributed by atoms with Gasteiger partial charge in [0.25, 0.3) is 0 Å². The molecule has 27 heavy (non-hydrogen) atoms. The molecule has 2 amide bonds. The molecule has 2 N–H and O–H groups in total. The maximum Gasteiger partial charge on any atom is 0.343 e. The third-order valence-electron chi connectivity index (χ3n) is 3.63. The zero-order valence-corrected chi connectivity index (χ0v) is 16.1. The second kappa shape index (κ2) is 10.1. The predicted octanol–water partition coefficient (Wildman–Crippen LogP) is 4.85. The van der Waals surface area contributed by atoms with Gasteiger partial charge < -0.3 is 4.42 Å². The molecular formula is C20H25N5O2. The van der Waals surface area contributed by atoms with Crippen LogP contribution in [0.25, 0.3) is 11.5 Å². The fraction of sp³-hybridized carbons (Fsp3) is 0.300. The highest BCUT2D eigenvalue weighted by molar-refractivity contribution is 5.87. The third-order valence-corrected chi connectivity index (χ3v) is 3.63. The second-order valence-corrected chi connectivity index (χ2v) is 6.46. The summed E-state index contributed by atoms with van der Waals surface area (Å²) in [6.07, 6.45) is 7.54. The molecule has 142 valence electrons. The Bertz CT molecular complexity index is 844. The smallest absolute Gasteiger partial charge is 0.343 e. The summed E-state index contributed by atoms with van der Waals surface area (Å²) in [5.41, 5.74) is 6.76. The van der Waals surface area contributed by atoms with Crippen molar-refractivity contribution >= 4 is 18.3 Å². The minimum Gasteiger partial charge on any atom is -0.403 e. The SMILES string of the molecule is CC(C)=CCC/C(C)=C\C=N/NC(=O)Nc1nnc(-c2ccc(C)cc2)o1. The number of carbonyl (C=O) groups is 1. The van der Waals surface area contributed by atoms with Crippen molar-refractivity contribution in [1.82, 2.24) is 15.6 Å². The predicted molar refractivity (Wildman–Crippen MR) is 108 cm³/mol. The van der Waals surface area contributed by atoms with Crippen molar-refractivity contribution < 1.29 is 9.21 Å². The molecule has 0 saturated heterocycles. The maximum atomic E-state index is 11.8. The topological polar surface area (TPSA) is 92.4 Å². The van der Waals surface area contributed by atoms with Crippen LogP contribution in [0.1, 0.15) is 39.2 Å². The second-order valence-electron chi connectivity index (χ2n) is 6.46. The van der Waals surface area contributed by atoms with Crippen LogP contribution in [0.2, 0.25) is 0 Å². The van der Waals surface area contributed by atoms with Crippen LogP contribution in [0.15, 0.2) is 57.1 Å². The molecule has 7 heteroatoms. The van der Waals surface area contributed by atoms with Crippen LogP contribution < -0.4 is 10.7 Å². The summed E-state index contributed by atoms with van der Waals surface area (Å²) in [6, 6.07) is 7.10. The number of hydrogen-bond donors (Lipinski definition) is 2. The molecule has 0 aliphatic rings. The summed E-state index contributed by atoms with van der Waals surface area (Å²) in [6.45, 7) is 8.18. The van der Waals surface area contributed by atoms with Gasteiger partial charge in [-0.05, 0) is 58.7 Å². The minimum atomic E-state index is -0.555.